The fourth-order valence-corrected chi connectivity index (χ4v) is 3.16. The molecule has 7 heteroatoms. The van der Waals surface area contributed by atoms with Gasteiger partial charge in [0.1, 0.15) is 17.9 Å². The smallest absolute Gasteiger partial charge is 0.246 e. The fraction of sp³-hybridized carbons (Fsp3) is 0.286. The molecule has 1 heterocycles. The summed E-state index contributed by atoms with van der Waals surface area (Å²) in [5, 5.41) is 5.09. The predicted molar refractivity (Wildman–Crippen MR) is 103 cm³/mol. The molecular formula is C21H22FN3O3. The molecule has 1 aliphatic heterocycles. The van der Waals surface area contributed by atoms with Crippen LogP contribution in [0.4, 0.5) is 10.1 Å². The zero-order valence-electron chi connectivity index (χ0n) is 15.5. The Morgan fingerprint density at radius 3 is 2.54 bits per heavy atom. The number of para-hydroxylation sites is 1. The van der Waals surface area contributed by atoms with Crippen LogP contribution in [0.25, 0.3) is 0 Å². The molecule has 28 heavy (non-hydrogen) atoms. The van der Waals surface area contributed by atoms with E-state index in [0.717, 1.165) is 5.56 Å². The monoisotopic (exact) mass is 383 g/mol. The lowest BCUT2D eigenvalue weighted by atomic mass is 10.1. The Kier molecular flexibility index (Phi) is 6.03. The summed E-state index contributed by atoms with van der Waals surface area (Å²) in [6.45, 7) is 1.86. The molecule has 0 spiro atoms. The summed E-state index contributed by atoms with van der Waals surface area (Å²) in [5.41, 5.74) is 0.983. The SMILES string of the molecule is CC(NC(=O)C1CCC(=O)N1Cc1ccccc1)C(=O)Nc1ccccc1F. The lowest BCUT2D eigenvalue weighted by Gasteiger charge is -2.25. The number of benzene rings is 2. The first-order valence-corrected chi connectivity index (χ1v) is 9.15. The van der Waals surface area contributed by atoms with Crippen molar-refractivity contribution in [2.75, 3.05) is 5.32 Å². The molecule has 0 aliphatic carbocycles. The minimum Gasteiger partial charge on any atom is -0.343 e. The van der Waals surface area contributed by atoms with Crippen LogP contribution in [-0.4, -0.2) is 34.7 Å². The molecule has 2 atom stereocenters. The number of nitrogens with zero attached hydrogens (tertiary/aromatic N) is 1. The highest BCUT2D eigenvalue weighted by molar-refractivity contribution is 5.98. The second-order valence-corrected chi connectivity index (χ2v) is 6.76. The number of hydrogen-bond donors (Lipinski definition) is 2. The minimum atomic E-state index is -0.874. The predicted octanol–water partition coefficient (Wildman–Crippen LogP) is 2.46. The van der Waals surface area contributed by atoms with Crippen LogP contribution in [0.15, 0.2) is 54.6 Å². The molecule has 6 nitrogen and oxygen atoms in total. The number of amides is 3. The standard InChI is InChI=1S/C21H22FN3O3/c1-14(20(27)24-17-10-6-5-9-16(17)22)23-21(28)18-11-12-19(26)25(18)13-15-7-3-2-4-8-15/h2-10,14,18H,11-13H2,1H3,(H,23,28)(H,24,27). The van der Waals surface area contributed by atoms with Gasteiger partial charge in [0.05, 0.1) is 5.69 Å². The van der Waals surface area contributed by atoms with E-state index in [4.69, 9.17) is 0 Å². The van der Waals surface area contributed by atoms with Crippen molar-refractivity contribution < 1.29 is 18.8 Å². The summed E-state index contributed by atoms with van der Waals surface area (Å²) in [7, 11) is 0. The molecule has 2 unspecified atom stereocenters. The van der Waals surface area contributed by atoms with Crippen molar-refractivity contribution in [3.63, 3.8) is 0 Å². The van der Waals surface area contributed by atoms with Crippen LogP contribution in [0, 0.1) is 5.82 Å². The highest BCUT2D eigenvalue weighted by Crippen LogP contribution is 2.22. The van der Waals surface area contributed by atoms with Crippen LogP contribution >= 0.6 is 0 Å². The molecule has 1 fully saturated rings. The normalized spacial score (nSPS) is 17.3. The molecule has 1 saturated heterocycles. The number of hydrogen-bond acceptors (Lipinski definition) is 3. The second kappa shape index (κ2) is 8.65. The van der Waals surface area contributed by atoms with Crippen molar-refractivity contribution in [2.45, 2.75) is 38.4 Å². The van der Waals surface area contributed by atoms with E-state index in [-0.39, 0.29) is 11.6 Å². The van der Waals surface area contributed by atoms with Gasteiger partial charge in [-0.15, -0.1) is 0 Å². The molecule has 2 aromatic carbocycles. The first kappa shape index (κ1) is 19.5. The Bertz CT molecular complexity index is 872. The first-order chi connectivity index (χ1) is 13.5. The third-order valence-electron chi connectivity index (χ3n) is 4.71. The van der Waals surface area contributed by atoms with Gasteiger partial charge in [0.15, 0.2) is 0 Å². The van der Waals surface area contributed by atoms with Gasteiger partial charge in [-0.05, 0) is 31.0 Å². The molecule has 3 rings (SSSR count). The Hall–Kier alpha value is -3.22. The average molecular weight is 383 g/mol. The number of halogens is 1. The van der Waals surface area contributed by atoms with Crippen molar-refractivity contribution in [1.29, 1.82) is 0 Å². The van der Waals surface area contributed by atoms with Crippen LogP contribution in [0.5, 0.6) is 0 Å². The molecule has 2 aromatic rings. The van der Waals surface area contributed by atoms with Gasteiger partial charge >= 0.3 is 0 Å². The van der Waals surface area contributed by atoms with Crippen LogP contribution in [0.3, 0.4) is 0 Å². The maximum atomic E-state index is 13.7. The largest absolute Gasteiger partial charge is 0.343 e. The summed E-state index contributed by atoms with van der Waals surface area (Å²) >= 11 is 0. The van der Waals surface area contributed by atoms with E-state index in [1.165, 1.54) is 30.0 Å². The molecular weight excluding hydrogens is 361 g/mol. The quantitative estimate of drug-likeness (QED) is 0.804. The summed E-state index contributed by atoms with van der Waals surface area (Å²) in [6, 6.07) is 13.7. The van der Waals surface area contributed by atoms with Gasteiger partial charge in [0.2, 0.25) is 17.7 Å². The van der Waals surface area contributed by atoms with Crippen LogP contribution in [0.2, 0.25) is 0 Å². The molecule has 0 bridgehead atoms. The third-order valence-corrected chi connectivity index (χ3v) is 4.71. The maximum Gasteiger partial charge on any atom is 0.246 e. The third kappa shape index (κ3) is 4.54. The second-order valence-electron chi connectivity index (χ2n) is 6.76. The Morgan fingerprint density at radius 2 is 1.82 bits per heavy atom. The highest BCUT2D eigenvalue weighted by Gasteiger charge is 2.36. The van der Waals surface area contributed by atoms with Crippen molar-refractivity contribution >= 4 is 23.4 Å². The number of likely N-dealkylation sites (tertiary alicyclic amines) is 1. The summed E-state index contributed by atoms with van der Waals surface area (Å²) in [6.07, 6.45) is 0.694. The number of carbonyl (C=O) groups excluding carboxylic acids is 3. The molecule has 3 amide bonds. The Morgan fingerprint density at radius 1 is 1.14 bits per heavy atom. The van der Waals surface area contributed by atoms with Crippen molar-refractivity contribution in [1.82, 2.24) is 10.2 Å². The zero-order chi connectivity index (χ0) is 20.1. The molecule has 2 N–H and O–H groups in total. The molecule has 0 aromatic heterocycles. The Labute approximate surface area is 162 Å². The van der Waals surface area contributed by atoms with Gasteiger partial charge in [0.25, 0.3) is 0 Å². The summed E-state index contributed by atoms with van der Waals surface area (Å²) in [5.74, 6) is -1.56. The molecule has 0 radical (unpaired) electrons. The van der Waals surface area contributed by atoms with Crippen molar-refractivity contribution in [3.05, 3.63) is 66.0 Å². The number of nitrogens with one attached hydrogen (secondary N) is 2. The Balaban J connectivity index is 1.61. The summed E-state index contributed by atoms with van der Waals surface area (Å²) in [4.78, 5) is 38.7. The van der Waals surface area contributed by atoms with E-state index in [1.54, 1.807) is 6.07 Å². The van der Waals surface area contributed by atoms with Crippen LogP contribution < -0.4 is 10.6 Å². The van der Waals surface area contributed by atoms with Crippen molar-refractivity contribution in [2.24, 2.45) is 0 Å². The van der Waals surface area contributed by atoms with Crippen LogP contribution in [-0.2, 0) is 20.9 Å². The zero-order valence-corrected chi connectivity index (χ0v) is 15.5. The van der Waals surface area contributed by atoms with E-state index in [2.05, 4.69) is 10.6 Å². The summed E-state index contributed by atoms with van der Waals surface area (Å²) < 4.78 is 13.7. The van der Waals surface area contributed by atoms with Gasteiger partial charge in [-0.2, -0.15) is 0 Å². The van der Waals surface area contributed by atoms with Gasteiger partial charge < -0.3 is 15.5 Å². The molecule has 146 valence electrons. The van der Waals surface area contributed by atoms with Gasteiger partial charge in [-0.25, -0.2) is 4.39 Å². The topological polar surface area (TPSA) is 78.5 Å². The lowest BCUT2D eigenvalue weighted by Crippen LogP contribution is -2.50. The van der Waals surface area contributed by atoms with Gasteiger partial charge in [-0.1, -0.05) is 42.5 Å². The number of anilines is 1. The van der Waals surface area contributed by atoms with Gasteiger partial charge in [0, 0.05) is 13.0 Å². The van der Waals surface area contributed by atoms with Crippen LogP contribution in [0.1, 0.15) is 25.3 Å². The maximum absolute atomic E-state index is 13.7. The van der Waals surface area contributed by atoms with E-state index in [0.29, 0.717) is 19.4 Å². The fourth-order valence-electron chi connectivity index (χ4n) is 3.16. The highest BCUT2D eigenvalue weighted by atomic mass is 19.1. The van der Waals surface area contributed by atoms with Crippen molar-refractivity contribution in [3.8, 4) is 0 Å². The van der Waals surface area contributed by atoms with Gasteiger partial charge in [-0.3, -0.25) is 14.4 Å². The van der Waals surface area contributed by atoms with E-state index < -0.39 is 29.7 Å². The number of rotatable bonds is 6. The lowest BCUT2D eigenvalue weighted by molar-refractivity contribution is -0.136. The number of carbonyl (C=O) groups is 3. The van der Waals surface area contributed by atoms with E-state index in [9.17, 15) is 18.8 Å². The molecule has 1 aliphatic rings. The minimum absolute atomic E-state index is 0.0512. The average Bonchev–Trinajstić information content (AvgIpc) is 3.05. The first-order valence-electron chi connectivity index (χ1n) is 9.15. The van der Waals surface area contributed by atoms with E-state index >= 15 is 0 Å². The van der Waals surface area contributed by atoms with E-state index in [1.807, 2.05) is 30.3 Å². The molecule has 0 saturated carbocycles.